The van der Waals surface area contributed by atoms with Crippen molar-refractivity contribution >= 4 is 11.5 Å². The van der Waals surface area contributed by atoms with Gasteiger partial charge in [0.15, 0.2) is 11.5 Å². The molecule has 1 aromatic carbocycles. The number of aromatic nitrogens is 2. The van der Waals surface area contributed by atoms with E-state index in [1.807, 2.05) is 20.2 Å². The van der Waals surface area contributed by atoms with Crippen LogP contribution in [0.25, 0.3) is 0 Å². The van der Waals surface area contributed by atoms with Crippen molar-refractivity contribution in [1.82, 2.24) is 9.97 Å². The lowest BCUT2D eigenvalue weighted by Gasteiger charge is -2.15. The van der Waals surface area contributed by atoms with Crippen LogP contribution in [0.1, 0.15) is 16.8 Å². The average molecular weight is 267 g/mol. The van der Waals surface area contributed by atoms with E-state index in [0.717, 1.165) is 0 Å². The number of anilines is 2. The van der Waals surface area contributed by atoms with Crippen LogP contribution in [0.5, 0.6) is 0 Å². The number of benzene rings is 1. The van der Waals surface area contributed by atoms with Crippen molar-refractivity contribution in [3.05, 3.63) is 47.4 Å². The van der Waals surface area contributed by atoms with Crippen molar-refractivity contribution in [2.45, 2.75) is 13.5 Å². The summed E-state index contributed by atoms with van der Waals surface area (Å²) in [4.78, 5) is 10.2. The van der Waals surface area contributed by atoms with Crippen LogP contribution in [0.2, 0.25) is 0 Å². The van der Waals surface area contributed by atoms with Gasteiger partial charge in [0.2, 0.25) is 0 Å². The number of hydrogen-bond donors (Lipinski definition) is 1. The van der Waals surface area contributed by atoms with E-state index in [1.165, 1.54) is 23.0 Å². The largest absolute Gasteiger partial charge is 0.378 e. The van der Waals surface area contributed by atoms with Gasteiger partial charge in [0.25, 0.3) is 0 Å². The quantitative estimate of drug-likeness (QED) is 0.921. The first-order valence-electron chi connectivity index (χ1n) is 6.33. The van der Waals surface area contributed by atoms with Gasteiger partial charge in [0.05, 0.1) is 0 Å². The molecule has 0 radical (unpaired) electrons. The highest BCUT2D eigenvalue weighted by atomic mass is 15.1. The molecule has 0 aliphatic heterocycles. The van der Waals surface area contributed by atoms with Crippen molar-refractivity contribution < 1.29 is 0 Å². The fourth-order valence-corrected chi connectivity index (χ4v) is 1.88. The molecule has 0 saturated carbocycles. The Hall–Kier alpha value is -2.61. The molecule has 1 N–H and O–H groups in total. The molecule has 102 valence electrons. The molecule has 20 heavy (non-hydrogen) atoms. The zero-order chi connectivity index (χ0) is 14.5. The van der Waals surface area contributed by atoms with Crippen LogP contribution in [-0.2, 0) is 6.54 Å². The van der Waals surface area contributed by atoms with E-state index in [2.05, 4.69) is 45.3 Å². The number of aryl methyl sites for hydroxylation is 1. The summed E-state index contributed by atoms with van der Waals surface area (Å²) >= 11 is 0. The maximum atomic E-state index is 8.97. The molecular formula is C15H17N5. The molecule has 0 bridgehead atoms. The monoisotopic (exact) mass is 267 g/mol. The molecule has 0 aliphatic carbocycles. The summed E-state index contributed by atoms with van der Waals surface area (Å²) in [5, 5.41) is 12.1. The zero-order valence-electron chi connectivity index (χ0n) is 11.9. The number of hydrogen-bond acceptors (Lipinski definition) is 5. The normalized spacial score (nSPS) is 9.90. The van der Waals surface area contributed by atoms with Gasteiger partial charge in [-0.05, 0) is 30.2 Å². The SMILES string of the molecule is Cc1cc(N(C)C)ccc1CNc1nccnc1C#N. The van der Waals surface area contributed by atoms with Crippen LogP contribution in [0, 0.1) is 18.3 Å². The lowest BCUT2D eigenvalue weighted by molar-refractivity contribution is 1.05. The van der Waals surface area contributed by atoms with Gasteiger partial charge >= 0.3 is 0 Å². The van der Waals surface area contributed by atoms with Crippen molar-refractivity contribution in [2.24, 2.45) is 0 Å². The summed E-state index contributed by atoms with van der Waals surface area (Å²) < 4.78 is 0. The van der Waals surface area contributed by atoms with Gasteiger partial charge in [-0.2, -0.15) is 5.26 Å². The third-order valence-electron chi connectivity index (χ3n) is 3.09. The van der Waals surface area contributed by atoms with E-state index >= 15 is 0 Å². The molecule has 0 aliphatic rings. The molecule has 0 spiro atoms. The summed E-state index contributed by atoms with van der Waals surface area (Å²) in [5.41, 5.74) is 3.86. The molecule has 0 atom stereocenters. The van der Waals surface area contributed by atoms with E-state index in [0.29, 0.717) is 18.1 Å². The van der Waals surface area contributed by atoms with Crippen LogP contribution in [0.15, 0.2) is 30.6 Å². The van der Waals surface area contributed by atoms with Crippen molar-refractivity contribution in [3.8, 4) is 6.07 Å². The predicted octanol–water partition coefficient (Wildman–Crippen LogP) is 2.33. The van der Waals surface area contributed by atoms with Crippen LogP contribution in [0.3, 0.4) is 0 Å². The second-order valence-electron chi connectivity index (χ2n) is 4.72. The number of nitrogens with one attached hydrogen (secondary N) is 1. The Bertz CT molecular complexity index is 643. The van der Waals surface area contributed by atoms with Crippen molar-refractivity contribution in [2.75, 3.05) is 24.3 Å². The Morgan fingerprint density at radius 3 is 2.65 bits per heavy atom. The number of nitriles is 1. The summed E-state index contributed by atoms with van der Waals surface area (Å²) in [6.45, 7) is 2.69. The maximum Gasteiger partial charge on any atom is 0.182 e. The van der Waals surface area contributed by atoms with Gasteiger partial charge in [-0.3, -0.25) is 0 Å². The molecule has 1 heterocycles. The van der Waals surface area contributed by atoms with Gasteiger partial charge in [0, 0.05) is 38.7 Å². The van der Waals surface area contributed by atoms with Crippen LogP contribution < -0.4 is 10.2 Å². The Kier molecular flexibility index (Phi) is 4.16. The summed E-state index contributed by atoms with van der Waals surface area (Å²) in [7, 11) is 4.04. The molecule has 2 aromatic rings. The van der Waals surface area contributed by atoms with Gasteiger partial charge in [-0.1, -0.05) is 6.07 Å². The molecule has 5 heteroatoms. The third-order valence-corrected chi connectivity index (χ3v) is 3.09. The zero-order valence-corrected chi connectivity index (χ0v) is 11.9. The number of rotatable bonds is 4. The first kappa shape index (κ1) is 13.8. The molecule has 0 amide bonds. The Labute approximate surface area is 118 Å². The molecule has 2 rings (SSSR count). The Balaban J connectivity index is 2.14. The predicted molar refractivity (Wildman–Crippen MR) is 79.6 cm³/mol. The lowest BCUT2D eigenvalue weighted by atomic mass is 10.1. The van der Waals surface area contributed by atoms with Gasteiger partial charge in [-0.25, -0.2) is 9.97 Å². The average Bonchev–Trinajstić information content (AvgIpc) is 2.46. The van der Waals surface area contributed by atoms with E-state index < -0.39 is 0 Å². The van der Waals surface area contributed by atoms with E-state index in [1.54, 1.807) is 6.20 Å². The highest BCUT2D eigenvalue weighted by Crippen LogP contribution is 2.18. The first-order chi connectivity index (χ1) is 9.61. The molecule has 0 unspecified atom stereocenters. The summed E-state index contributed by atoms with van der Waals surface area (Å²) in [6.07, 6.45) is 3.09. The van der Waals surface area contributed by atoms with Crippen molar-refractivity contribution in [1.29, 1.82) is 5.26 Å². The minimum absolute atomic E-state index is 0.315. The topological polar surface area (TPSA) is 64.8 Å². The third kappa shape index (κ3) is 3.04. The van der Waals surface area contributed by atoms with Crippen LogP contribution in [-0.4, -0.2) is 24.1 Å². The fourth-order valence-electron chi connectivity index (χ4n) is 1.88. The van der Waals surface area contributed by atoms with Crippen molar-refractivity contribution in [3.63, 3.8) is 0 Å². The number of nitrogens with zero attached hydrogens (tertiary/aromatic N) is 4. The lowest BCUT2D eigenvalue weighted by Crippen LogP contribution is -2.10. The maximum absolute atomic E-state index is 8.97. The molecule has 1 aromatic heterocycles. The highest BCUT2D eigenvalue weighted by molar-refractivity contribution is 5.51. The molecular weight excluding hydrogens is 250 g/mol. The van der Waals surface area contributed by atoms with Gasteiger partial charge in [-0.15, -0.1) is 0 Å². The highest BCUT2D eigenvalue weighted by Gasteiger charge is 2.05. The smallest absolute Gasteiger partial charge is 0.182 e. The Morgan fingerprint density at radius 2 is 2.00 bits per heavy atom. The second-order valence-corrected chi connectivity index (χ2v) is 4.72. The summed E-state index contributed by atoms with van der Waals surface area (Å²) in [5.74, 6) is 0.520. The van der Waals surface area contributed by atoms with E-state index in [-0.39, 0.29) is 0 Å². The van der Waals surface area contributed by atoms with Gasteiger partial charge < -0.3 is 10.2 Å². The van der Waals surface area contributed by atoms with Crippen LogP contribution >= 0.6 is 0 Å². The first-order valence-corrected chi connectivity index (χ1v) is 6.33. The molecule has 5 nitrogen and oxygen atoms in total. The fraction of sp³-hybridized carbons (Fsp3) is 0.267. The van der Waals surface area contributed by atoms with Crippen LogP contribution in [0.4, 0.5) is 11.5 Å². The molecule has 0 fully saturated rings. The second kappa shape index (κ2) is 6.02. The minimum atomic E-state index is 0.315. The summed E-state index contributed by atoms with van der Waals surface area (Å²) in [6, 6.07) is 8.32. The Morgan fingerprint density at radius 1 is 1.25 bits per heavy atom. The molecule has 0 saturated heterocycles. The van der Waals surface area contributed by atoms with Gasteiger partial charge in [0.1, 0.15) is 6.07 Å². The standard InChI is InChI=1S/C15H17N5/c1-11-8-13(20(2)3)5-4-12(11)10-19-15-14(9-16)17-6-7-18-15/h4-8H,10H2,1-3H3,(H,18,19). The minimum Gasteiger partial charge on any atom is -0.378 e. The van der Waals surface area contributed by atoms with E-state index in [4.69, 9.17) is 5.26 Å². The van der Waals surface area contributed by atoms with E-state index in [9.17, 15) is 0 Å².